The van der Waals surface area contributed by atoms with E-state index in [1.807, 2.05) is 13.3 Å². The van der Waals surface area contributed by atoms with Crippen molar-refractivity contribution in [2.75, 3.05) is 34.2 Å². The first-order valence-corrected chi connectivity index (χ1v) is 10.8. The van der Waals surface area contributed by atoms with Gasteiger partial charge in [0.1, 0.15) is 0 Å². The van der Waals surface area contributed by atoms with Crippen LogP contribution in [0.3, 0.4) is 0 Å². The zero-order chi connectivity index (χ0) is 11.2. The minimum absolute atomic E-state index is 0.722. The normalized spacial score (nSPS) is 13.2. The van der Waals surface area contributed by atoms with Crippen LogP contribution in [0, 0.1) is 0 Å². The van der Waals surface area contributed by atoms with Gasteiger partial charge in [-0.2, -0.15) is 0 Å². The van der Waals surface area contributed by atoms with Gasteiger partial charge >= 0.3 is 8.56 Å². The van der Waals surface area contributed by atoms with E-state index in [0.29, 0.717) is 0 Å². The SMILES string of the molecule is CO[Si](C)(CCCOP(C)(C)=S)OC. The van der Waals surface area contributed by atoms with Gasteiger partial charge in [-0.3, -0.25) is 0 Å². The summed E-state index contributed by atoms with van der Waals surface area (Å²) in [5, 5.41) is 0. The summed E-state index contributed by atoms with van der Waals surface area (Å²) < 4.78 is 16.3. The topological polar surface area (TPSA) is 27.7 Å². The van der Waals surface area contributed by atoms with Gasteiger partial charge in [0.05, 0.1) is 12.9 Å². The van der Waals surface area contributed by atoms with E-state index < -0.39 is 14.8 Å². The van der Waals surface area contributed by atoms with E-state index >= 15 is 0 Å². The first-order chi connectivity index (χ1) is 6.33. The van der Waals surface area contributed by atoms with E-state index in [0.717, 1.165) is 19.1 Å². The van der Waals surface area contributed by atoms with Gasteiger partial charge in [0.15, 0.2) is 0 Å². The smallest absolute Gasteiger partial charge is 0.334 e. The summed E-state index contributed by atoms with van der Waals surface area (Å²) in [7, 11) is 1.52. The molecule has 0 aromatic rings. The van der Waals surface area contributed by atoms with Crippen LogP contribution in [0.15, 0.2) is 0 Å². The molecule has 0 aliphatic carbocycles. The second-order valence-electron chi connectivity index (χ2n) is 3.73. The monoisotopic (exact) mass is 256 g/mol. The Morgan fingerprint density at radius 1 is 1.21 bits per heavy atom. The Morgan fingerprint density at radius 2 is 1.71 bits per heavy atom. The lowest BCUT2D eigenvalue weighted by atomic mass is 10.5. The fourth-order valence-electron chi connectivity index (χ4n) is 0.965. The molecule has 3 nitrogen and oxygen atoms in total. The van der Waals surface area contributed by atoms with E-state index in [4.69, 9.17) is 25.2 Å². The van der Waals surface area contributed by atoms with Crippen molar-refractivity contribution in [2.24, 2.45) is 0 Å². The summed E-state index contributed by atoms with van der Waals surface area (Å²) in [5.74, 6) is 0. The molecule has 0 N–H and O–H groups in total. The summed E-state index contributed by atoms with van der Waals surface area (Å²) in [6.45, 7) is 6.76. The average molecular weight is 256 g/mol. The quantitative estimate of drug-likeness (QED) is 0.397. The predicted molar refractivity (Wildman–Crippen MR) is 67.1 cm³/mol. The van der Waals surface area contributed by atoms with Crippen LogP contribution in [0.25, 0.3) is 0 Å². The van der Waals surface area contributed by atoms with Gasteiger partial charge in [0.2, 0.25) is 0 Å². The van der Waals surface area contributed by atoms with E-state index in [9.17, 15) is 0 Å². The lowest BCUT2D eigenvalue weighted by Crippen LogP contribution is -2.36. The molecule has 0 radical (unpaired) electrons. The standard InChI is InChI=1S/C8H21O3PSSi/c1-9-14(5,10-2)8-6-7-11-12(3,4)13/h6-8H2,1-5H3. The summed E-state index contributed by atoms with van der Waals surface area (Å²) in [6.07, 6.45) is -0.535. The fraction of sp³-hybridized carbons (Fsp3) is 1.00. The van der Waals surface area contributed by atoms with Crippen LogP contribution in [0.1, 0.15) is 6.42 Å². The Balaban J connectivity index is 3.68. The molecule has 0 saturated heterocycles. The maximum absolute atomic E-state index is 5.55. The highest BCUT2D eigenvalue weighted by atomic mass is 32.4. The summed E-state index contributed by atoms with van der Waals surface area (Å²) in [4.78, 5) is 0. The molecule has 0 heterocycles. The molecule has 0 aromatic heterocycles. The molecule has 14 heavy (non-hydrogen) atoms. The van der Waals surface area contributed by atoms with Gasteiger partial charge in [-0.05, 0) is 32.3 Å². The van der Waals surface area contributed by atoms with Crippen molar-refractivity contribution < 1.29 is 13.4 Å². The summed E-state index contributed by atoms with van der Waals surface area (Å²) >= 11 is 5.19. The van der Waals surface area contributed by atoms with Crippen LogP contribution < -0.4 is 0 Å². The molecule has 0 spiro atoms. The first-order valence-electron chi connectivity index (χ1n) is 4.63. The number of hydrogen-bond acceptors (Lipinski definition) is 4. The number of rotatable bonds is 7. The maximum atomic E-state index is 5.55. The molecule has 0 aliphatic heterocycles. The van der Waals surface area contributed by atoms with Crippen molar-refractivity contribution in [2.45, 2.75) is 19.0 Å². The van der Waals surface area contributed by atoms with Crippen LogP contribution >= 0.6 is 6.26 Å². The van der Waals surface area contributed by atoms with E-state index in [1.54, 1.807) is 14.2 Å². The van der Waals surface area contributed by atoms with Crippen molar-refractivity contribution in [1.29, 1.82) is 0 Å². The summed E-state index contributed by atoms with van der Waals surface area (Å²) in [6, 6.07) is 0.954. The molecule has 0 aliphatic rings. The molecule has 86 valence electrons. The van der Waals surface area contributed by atoms with Crippen molar-refractivity contribution >= 4 is 26.6 Å². The van der Waals surface area contributed by atoms with Gasteiger partial charge in [-0.1, -0.05) is 11.8 Å². The Labute approximate surface area is 93.5 Å². The highest BCUT2D eigenvalue weighted by molar-refractivity contribution is 8.11. The Hall–Kier alpha value is 0.747. The minimum atomic E-state index is -1.90. The molecular weight excluding hydrogens is 235 g/mol. The molecule has 0 amide bonds. The zero-order valence-corrected chi connectivity index (χ0v) is 12.4. The van der Waals surface area contributed by atoms with Crippen molar-refractivity contribution in [3.05, 3.63) is 0 Å². The largest absolute Gasteiger partial charge is 0.398 e. The molecule has 0 bridgehead atoms. The Bertz CT molecular complexity index is 203. The molecule has 0 aromatic carbocycles. The van der Waals surface area contributed by atoms with E-state index in [-0.39, 0.29) is 0 Å². The highest BCUT2D eigenvalue weighted by Gasteiger charge is 2.27. The van der Waals surface area contributed by atoms with Crippen molar-refractivity contribution in [1.82, 2.24) is 0 Å². The van der Waals surface area contributed by atoms with Crippen LogP contribution in [0.2, 0.25) is 12.6 Å². The second kappa shape index (κ2) is 6.36. The van der Waals surface area contributed by atoms with Crippen molar-refractivity contribution in [3.63, 3.8) is 0 Å². The third-order valence-electron chi connectivity index (χ3n) is 2.04. The Kier molecular flexibility index (Phi) is 6.69. The molecular formula is C8H21O3PSSi. The predicted octanol–water partition coefficient (Wildman–Crippen LogP) is 2.41. The summed E-state index contributed by atoms with van der Waals surface area (Å²) in [5.41, 5.74) is 0. The van der Waals surface area contributed by atoms with E-state index in [2.05, 4.69) is 6.55 Å². The molecule has 0 unspecified atom stereocenters. The zero-order valence-electron chi connectivity index (χ0n) is 9.70. The lowest BCUT2D eigenvalue weighted by molar-refractivity contribution is 0.243. The average Bonchev–Trinajstić information content (AvgIpc) is 2.11. The third kappa shape index (κ3) is 7.09. The Morgan fingerprint density at radius 3 is 2.07 bits per heavy atom. The first kappa shape index (κ1) is 14.7. The fourth-order valence-corrected chi connectivity index (χ4v) is 3.12. The molecule has 0 saturated carbocycles. The molecule has 6 heteroatoms. The van der Waals surface area contributed by atoms with Crippen molar-refractivity contribution in [3.8, 4) is 0 Å². The minimum Gasteiger partial charge on any atom is -0.398 e. The molecule has 0 fully saturated rings. The van der Waals surface area contributed by atoms with Crippen LogP contribution in [0.4, 0.5) is 0 Å². The van der Waals surface area contributed by atoms with Crippen LogP contribution in [0.5, 0.6) is 0 Å². The van der Waals surface area contributed by atoms with Crippen LogP contribution in [-0.2, 0) is 25.2 Å². The number of hydrogen-bond donors (Lipinski definition) is 0. The van der Waals surface area contributed by atoms with E-state index in [1.165, 1.54) is 0 Å². The van der Waals surface area contributed by atoms with Gasteiger partial charge in [-0.15, -0.1) is 0 Å². The van der Waals surface area contributed by atoms with Gasteiger partial charge in [-0.25, -0.2) is 0 Å². The van der Waals surface area contributed by atoms with Gasteiger partial charge < -0.3 is 13.4 Å². The second-order valence-corrected chi connectivity index (χ2v) is 12.7. The molecule has 0 atom stereocenters. The molecule has 0 rings (SSSR count). The van der Waals surface area contributed by atoms with Gasteiger partial charge in [0, 0.05) is 14.2 Å². The lowest BCUT2D eigenvalue weighted by Gasteiger charge is -2.22. The van der Waals surface area contributed by atoms with Crippen LogP contribution in [-0.4, -0.2) is 42.7 Å². The highest BCUT2D eigenvalue weighted by Crippen LogP contribution is 2.37. The maximum Gasteiger partial charge on any atom is 0.334 e. The third-order valence-corrected chi connectivity index (χ3v) is 6.15. The van der Waals surface area contributed by atoms with Gasteiger partial charge in [0.25, 0.3) is 0 Å².